The summed E-state index contributed by atoms with van der Waals surface area (Å²) in [5.41, 5.74) is 2.79. The number of aliphatic hydroxyl groups excluding tert-OH is 1. The summed E-state index contributed by atoms with van der Waals surface area (Å²) in [6.45, 7) is 7.53. The molecular formula is C11H22N2O4. The first kappa shape index (κ1) is 18.0. The molecule has 0 radical (unpaired) electrons. The molecule has 0 saturated heterocycles. The molecule has 0 aliphatic rings. The van der Waals surface area contributed by atoms with Crippen molar-refractivity contribution in [2.24, 2.45) is 0 Å². The molecular weight excluding hydrogens is 224 g/mol. The van der Waals surface area contributed by atoms with E-state index in [9.17, 15) is 14.7 Å². The Kier molecular flexibility index (Phi) is 9.22. The molecule has 2 N–H and O–H groups in total. The van der Waals surface area contributed by atoms with Gasteiger partial charge in [-0.3, -0.25) is 4.79 Å². The van der Waals surface area contributed by atoms with Gasteiger partial charge in [0.25, 0.3) is 5.91 Å². The van der Waals surface area contributed by atoms with Gasteiger partial charge in [-0.25, -0.2) is 4.59 Å². The predicted molar refractivity (Wildman–Crippen MR) is 62.3 cm³/mol. The summed E-state index contributed by atoms with van der Waals surface area (Å²) >= 11 is 0. The van der Waals surface area contributed by atoms with Crippen LogP contribution in [-0.4, -0.2) is 48.3 Å². The lowest BCUT2D eigenvalue weighted by atomic mass is 10.4. The first-order valence-electron chi connectivity index (χ1n) is 5.32. The number of carboxylic acid groups (broad SMARTS) is 1. The van der Waals surface area contributed by atoms with Crippen molar-refractivity contribution in [1.29, 1.82) is 0 Å². The van der Waals surface area contributed by atoms with E-state index in [2.05, 4.69) is 18.9 Å². The van der Waals surface area contributed by atoms with Gasteiger partial charge in [-0.15, -0.1) is 0 Å². The molecule has 0 aliphatic carbocycles. The first-order chi connectivity index (χ1) is 7.66. The predicted octanol–water partition coefficient (Wildman–Crippen LogP) is -1.19. The zero-order valence-corrected chi connectivity index (χ0v) is 10.9. The van der Waals surface area contributed by atoms with Gasteiger partial charge >= 0.3 is 0 Å². The summed E-state index contributed by atoms with van der Waals surface area (Å²) in [5.74, 6) is -1.56. The van der Waals surface area contributed by atoms with Gasteiger partial charge in [0, 0.05) is 6.08 Å². The number of nitrogens with zero attached hydrogens (tertiary/aromatic N) is 1. The molecule has 0 saturated carbocycles. The van der Waals surface area contributed by atoms with Crippen LogP contribution < -0.4 is 10.5 Å². The van der Waals surface area contributed by atoms with Crippen LogP contribution in [0.3, 0.4) is 0 Å². The summed E-state index contributed by atoms with van der Waals surface area (Å²) in [4.78, 5) is 20.2. The molecule has 0 aromatic rings. The minimum Gasteiger partial charge on any atom is -0.547 e. The second-order valence-corrected chi connectivity index (χ2v) is 4.08. The molecule has 1 atom stereocenters. The number of aliphatic carboxylic acids is 1. The van der Waals surface area contributed by atoms with Crippen LogP contribution in [0.1, 0.15) is 20.3 Å². The summed E-state index contributed by atoms with van der Waals surface area (Å²) in [7, 11) is 3.90. The van der Waals surface area contributed by atoms with Gasteiger partial charge in [0.05, 0.1) is 26.2 Å². The van der Waals surface area contributed by atoms with Crippen molar-refractivity contribution in [1.82, 2.24) is 5.43 Å². The Hall–Kier alpha value is -1.40. The zero-order valence-electron chi connectivity index (χ0n) is 10.9. The fourth-order valence-corrected chi connectivity index (χ4v) is 0.959. The Morgan fingerprint density at radius 3 is 2.18 bits per heavy atom. The molecule has 0 aromatic carbocycles. The molecule has 17 heavy (non-hydrogen) atoms. The molecule has 1 amide bonds. The van der Waals surface area contributed by atoms with E-state index in [1.807, 2.05) is 14.1 Å². The van der Waals surface area contributed by atoms with Gasteiger partial charge in [0.2, 0.25) is 0 Å². The van der Waals surface area contributed by atoms with Crippen molar-refractivity contribution >= 4 is 11.9 Å². The fourth-order valence-electron chi connectivity index (χ4n) is 0.959. The van der Waals surface area contributed by atoms with Gasteiger partial charge in [0.1, 0.15) is 6.54 Å². The van der Waals surface area contributed by atoms with Crippen LogP contribution in [-0.2, 0) is 9.59 Å². The smallest absolute Gasteiger partial charge is 0.288 e. The molecule has 1 unspecified atom stereocenters. The standard InChI is InChI=1S/C8H16N2O.C3H6O3/c1-5-7-10(3,4)9-8(11)6-2;1-2(4)3(5)6/h6H,2,5,7H2,1,3-4H3;2,4H,1H3,(H,5,6). The van der Waals surface area contributed by atoms with E-state index in [0.29, 0.717) is 4.59 Å². The van der Waals surface area contributed by atoms with Crippen molar-refractivity contribution in [3.63, 3.8) is 0 Å². The Bertz CT molecular complexity index is 262. The van der Waals surface area contributed by atoms with Crippen LogP contribution >= 0.6 is 0 Å². The molecule has 0 heterocycles. The van der Waals surface area contributed by atoms with Crippen molar-refractivity contribution in [2.45, 2.75) is 26.4 Å². The number of rotatable bonds is 5. The lowest BCUT2D eigenvalue weighted by Crippen LogP contribution is -2.54. The highest BCUT2D eigenvalue weighted by molar-refractivity contribution is 5.85. The minimum absolute atomic E-state index is 0.122. The highest BCUT2D eigenvalue weighted by atomic mass is 16.4. The number of carbonyl (C=O) groups excluding carboxylic acids is 2. The summed E-state index contributed by atoms with van der Waals surface area (Å²) in [6, 6.07) is 0. The SMILES string of the molecule is C=CC(=O)N[N+](C)(C)CCC.CC(O)C(=O)[O-]. The quantitative estimate of drug-likeness (QED) is 0.362. The van der Waals surface area contributed by atoms with Crippen LogP contribution in [0.2, 0.25) is 0 Å². The minimum atomic E-state index is -1.44. The summed E-state index contributed by atoms with van der Waals surface area (Å²) in [6.07, 6.45) is 0.991. The van der Waals surface area contributed by atoms with E-state index in [4.69, 9.17) is 5.11 Å². The first-order valence-corrected chi connectivity index (χ1v) is 5.32. The molecule has 0 rings (SSSR count). The van der Waals surface area contributed by atoms with Gasteiger partial charge in [-0.05, 0) is 13.3 Å². The van der Waals surface area contributed by atoms with Crippen molar-refractivity contribution < 1.29 is 24.4 Å². The van der Waals surface area contributed by atoms with Crippen LogP contribution in [0.15, 0.2) is 12.7 Å². The van der Waals surface area contributed by atoms with Crippen LogP contribution in [0.25, 0.3) is 0 Å². The van der Waals surface area contributed by atoms with Crippen LogP contribution in [0.5, 0.6) is 0 Å². The third-order valence-electron chi connectivity index (χ3n) is 1.72. The number of nitrogens with one attached hydrogen (secondary N) is 1. The largest absolute Gasteiger partial charge is 0.547 e. The van der Waals surface area contributed by atoms with Crippen LogP contribution in [0.4, 0.5) is 0 Å². The molecule has 0 bridgehead atoms. The molecule has 100 valence electrons. The number of quaternary nitrogens is 1. The maximum Gasteiger partial charge on any atom is 0.288 e. The van der Waals surface area contributed by atoms with E-state index in [-0.39, 0.29) is 5.91 Å². The summed E-state index contributed by atoms with van der Waals surface area (Å²) < 4.78 is 0.515. The van der Waals surface area contributed by atoms with Gasteiger partial charge < -0.3 is 15.0 Å². The molecule has 0 spiro atoms. The second kappa shape index (κ2) is 8.72. The maximum atomic E-state index is 10.9. The number of aliphatic hydroxyl groups is 1. The third kappa shape index (κ3) is 12.5. The molecule has 0 aliphatic heterocycles. The highest BCUT2D eigenvalue weighted by Crippen LogP contribution is 1.92. The molecule has 6 nitrogen and oxygen atoms in total. The maximum absolute atomic E-state index is 10.9. The summed E-state index contributed by atoms with van der Waals surface area (Å²) in [5, 5.41) is 17.3. The number of amides is 1. The van der Waals surface area contributed by atoms with Crippen molar-refractivity contribution in [2.75, 3.05) is 20.6 Å². The number of carboxylic acids is 1. The van der Waals surface area contributed by atoms with Gasteiger partial charge in [-0.2, -0.15) is 5.43 Å². The Balaban J connectivity index is 0. The van der Waals surface area contributed by atoms with E-state index >= 15 is 0 Å². The monoisotopic (exact) mass is 246 g/mol. The van der Waals surface area contributed by atoms with E-state index < -0.39 is 12.1 Å². The highest BCUT2D eigenvalue weighted by Gasteiger charge is 2.14. The van der Waals surface area contributed by atoms with E-state index in [1.54, 1.807) is 0 Å². The number of hydrogen-bond donors (Lipinski definition) is 2. The topological polar surface area (TPSA) is 89.5 Å². The third-order valence-corrected chi connectivity index (χ3v) is 1.72. The van der Waals surface area contributed by atoms with Gasteiger partial charge in [0.15, 0.2) is 0 Å². The van der Waals surface area contributed by atoms with Crippen molar-refractivity contribution in [3.8, 4) is 0 Å². The number of carbonyl (C=O) groups is 2. The van der Waals surface area contributed by atoms with Crippen molar-refractivity contribution in [3.05, 3.63) is 12.7 Å². The molecule has 6 heteroatoms. The normalized spacial score (nSPS) is 11.8. The average molecular weight is 246 g/mol. The fraction of sp³-hybridized carbons (Fsp3) is 0.636. The molecule has 0 fully saturated rings. The number of hydrogen-bond acceptors (Lipinski definition) is 4. The zero-order chi connectivity index (χ0) is 14.1. The average Bonchev–Trinajstić information content (AvgIpc) is 2.17. The lowest BCUT2D eigenvalue weighted by molar-refractivity contribution is -0.924. The Morgan fingerprint density at radius 2 is 1.94 bits per heavy atom. The Morgan fingerprint density at radius 1 is 1.53 bits per heavy atom. The van der Waals surface area contributed by atoms with E-state index in [1.165, 1.54) is 6.08 Å². The van der Waals surface area contributed by atoms with E-state index in [0.717, 1.165) is 19.9 Å². The van der Waals surface area contributed by atoms with Gasteiger partial charge in [-0.1, -0.05) is 13.5 Å². The second-order valence-electron chi connectivity index (χ2n) is 4.08. The Labute approximate surface area is 102 Å². The lowest BCUT2D eigenvalue weighted by Gasteiger charge is -2.27. The molecule has 0 aromatic heterocycles. The van der Waals surface area contributed by atoms with Crippen LogP contribution in [0, 0.1) is 0 Å².